The van der Waals surface area contributed by atoms with Crippen LogP contribution in [0.15, 0.2) is 41.2 Å². The van der Waals surface area contributed by atoms with E-state index in [1.54, 1.807) is 27.4 Å². The molecule has 0 spiro atoms. The lowest BCUT2D eigenvalue weighted by Crippen LogP contribution is -2.37. The van der Waals surface area contributed by atoms with Crippen molar-refractivity contribution in [1.29, 1.82) is 0 Å². The van der Waals surface area contributed by atoms with Crippen LogP contribution in [0.25, 0.3) is 10.6 Å². The largest absolute Gasteiger partial charge is 0.336 e. The molecule has 1 aliphatic rings. The Balaban J connectivity index is 1.44. The van der Waals surface area contributed by atoms with Crippen LogP contribution in [0.2, 0.25) is 0 Å². The van der Waals surface area contributed by atoms with E-state index in [4.69, 9.17) is 0 Å². The molecule has 0 saturated carbocycles. The Kier molecular flexibility index (Phi) is 3.56. The van der Waals surface area contributed by atoms with Gasteiger partial charge in [-0.15, -0.1) is 22.7 Å². The number of fused-ring (bicyclic) bond motifs is 1. The number of rotatable bonds is 3. The minimum atomic E-state index is 0.137. The standard InChI is InChI=1S/C16H15N3OS2/c20-16(18-6-4-14-12(10-18)5-9-22-14)11-19-7-3-13(17-19)15-2-1-8-21-15/h1-3,5,7-9H,4,6,10-11H2. The van der Waals surface area contributed by atoms with Crippen molar-refractivity contribution in [3.63, 3.8) is 0 Å². The van der Waals surface area contributed by atoms with Gasteiger partial charge in [0.05, 0.1) is 4.88 Å². The topological polar surface area (TPSA) is 38.1 Å². The SMILES string of the molecule is O=C(Cn1ccc(-c2cccs2)n1)N1CCc2sccc2C1. The molecular weight excluding hydrogens is 314 g/mol. The number of hydrogen-bond donors (Lipinski definition) is 0. The summed E-state index contributed by atoms with van der Waals surface area (Å²) in [6.45, 7) is 1.85. The molecule has 0 aliphatic carbocycles. The van der Waals surface area contributed by atoms with Crippen molar-refractivity contribution in [3.05, 3.63) is 51.7 Å². The van der Waals surface area contributed by atoms with Crippen LogP contribution >= 0.6 is 22.7 Å². The first kappa shape index (κ1) is 13.7. The number of carbonyl (C=O) groups is 1. The molecule has 1 amide bonds. The molecule has 0 bridgehead atoms. The number of hydrogen-bond acceptors (Lipinski definition) is 4. The average molecular weight is 329 g/mol. The summed E-state index contributed by atoms with van der Waals surface area (Å²) in [6.07, 6.45) is 2.85. The van der Waals surface area contributed by atoms with Crippen molar-refractivity contribution in [2.75, 3.05) is 6.54 Å². The number of thiophene rings is 2. The van der Waals surface area contributed by atoms with Gasteiger partial charge in [-0.05, 0) is 40.9 Å². The lowest BCUT2D eigenvalue weighted by molar-refractivity contribution is -0.132. The summed E-state index contributed by atoms with van der Waals surface area (Å²) in [7, 11) is 0. The Labute approximate surface area is 136 Å². The number of amides is 1. The lowest BCUT2D eigenvalue weighted by Gasteiger charge is -2.27. The maximum absolute atomic E-state index is 12.5. The van der Waals surface area contributed by atoms with Gasteiger partial charge in [0.15, 0.2) is 0 Å². The Bertz CT molecular complexity index is 788. The van der Waals surface area contributed by atoms with Gasteiger partial charge in [0.25, 0.3) is 0 Å². The third kappa shape index (κ3) is 2.60. The van der Waals surface area contributed by atoms with Gasteiger partial charge in [-0.1, -0.05) is 6.07 Å². The van der Waals surface area contributed by atoms with E-state index in [-0.39, 0.29) is 5.91 Å². The highest BCUT2D eigenvalue weighted by Gasteiger charge is 2.21. The van der Waals surface area contributed by atoms with Crippen molar-refractivity contribution in [3.8, 4) is 10.6 Å². The average Bonchev–Trinajstić information content (AvgIpc) is 3.27. The second kappa shape index (κ2) is 5.70. The molecule has 4 nitrogen and oxygen atoms in total. The van der Waals surface area contributed by atoms with E-state index in [0.29, 0.717) is 6.54 Å². The minimum Gasteiger partial charge on any atom is -0.336 e. The van der Waals surface area contributed by atoms with Crippen molar-refractivity contribution >= 4 is 28.6 Å². The Hall–Kier alpha value is -1.92. The highest BCUT2D eigenvalue weighted by atomic mass is 32.1. The van der Waals surface area contributed by atoms with Crippen LogP contribution in [0.5, 0.6) is 0 Å². The first-order valence-corrected chi connectivity index (χ1v) is 8.96. The van der Waals surface area contributed by atoms with Gasteiger partial charge in [0.1, 0.15) is 12.2 Å². The first-order valence-electron chi connectivity index (χ1n) is 7.20. The molecule has 0 aromatic carbocycles. The van der Waals surface area contributed by atoms with Crippen LogP contribution in [0.1, 0.15) is 10.4 Å². The second-order valence-electron chi connectivity index (χ2n) is 5.31. The van der Waals surface area contributed by atoms with Gasteiger partial charge >= 0.3 is 0 Å². The summed E-state index contributed by atoms with van der Waals surface area (Å²) in [5, 5.41) is 8.65. The molecule has 0 fully saturated rings. The van der Waals surface area contributed by atoms with E-state index in [9.17, 15) is 4.79 Å². The number of nitrogens with zero attached hydrogens (tertiary/aromatic N) is 3. The van der Waals surface area contributed by atoms with E-state index in [2.05, 4.69) is 16.5 Å². The van der Waals surface area contributed by atoms with Crippen molar-refractivity contribution in [1.82, 2.24) is 14.7 Å². The zero-order valence-electron chi connectivity index (χ0n) is 11.9. The first-order chi connectivity index (χ1) is 10.8. The molecule has 0 atom stereocenters. The molecular formula is C16H15N3OS2. The van der Waals surface area contributed by atoms with Gasteiger partial charge in [0.2, 0.25) is 5.91 Å². The molecule has 0 saturated heterocycles. The number of aromatic nitrogens is 2. The summed E-state index contributed by atoms with van der Waals surface area (Å²) < 4.78 is 1.74. The normalized spacial score (nSPS) is 14.1. The van der Waals surface area contributed by atoms with E-state index in [0.717, 1.165) is 30.1 Å². The molecule has 0 radical (unpaired) electrons. The van der Waals surface area contributed by atoms with Crippen molar-refractivity contribution in [2.45, 2.75) is 19.5 Å². The predicted molar refractivity (Wildman–Crippen MR) is 89.0 cm³/mol. The zero-order chi connectivity index (χ0) is 14.9. The summed E-state index contributed by atoms with van der Waals surface area (Å²) in [4.78, 5) is 16.9. The lowest BCUT2D eigenvalue weighted by atomic mass is 10.1. The fourth-order valence-electron chi connectivity index (χ4n) is 2.71. The van der Waals surface area contributed by atoms with E-state index in [1.165, 1.54) is 10.4 Å². The highest BCUT2D eigenvalue weighted by Crippen LogP contribution is 2.25. The zero-order valence-corrected chi connectivity index (χ0v) is 13.6. The van der Waals surface area contributed by atoms with Crippen molar-refractivity contribution in [2.24, 2.45) is 0 Å². The van der Waals surface area contributed by atoms with Crippen LogP contribution in [0.3, 0.4) is 0 Å². The molecule has 22 heavy (non-hydrogen) atoms. The van der Waals surface area contributed by atoms with Crippen molar-refractivity contribution < 1.29 is 4.79 Å². The summed E-state index contributed by atoms with van der Waals surface area (Å²) >= 11 is 3.45. The van der Waals surface area contributed by atoms with Gasteiger partial charge in [-0.2, -0.15) is 5.10 Å². The summed E-state index contributed by atoms with van der Waals surface area (Å²) in [5.74, 6) is 0.137. The van der Waals surface area contributed by atoms with Gasteiger partial charge in [-0.25, -0.2) is 0 Å². The van der Waals surface area contributed by atoms with Crippen LogP contribution < -0.4 is 0 Å². The predicted octanol–water partition coefficient (Wildman–Crippen LogP) is 3.26. The van der Waals surface area contributed by atoms with Crippen LogP contribution in [0, 0.1) is 0 Å². The molecule has 4 rings (SSSR count). The van der Waals surface area contributed by atoms with Gasteiger partial charge in [0, 0.05) is 24.2 Å². The quantitative estimate of drug-likeness (QED) is 0.740. The molecule has 4 heterocycles. The summed E-state index contributed by atoms with van der Waals surface area (Å²) in [5.41, 5.74) is 2.23. The fourth-order valence-corrected chi connectivity index (χ4v) is 4.29. The fraction of sp³-hybridized carbons (Fsp3) is 0.250. The smallest absolute Gasteiger partial charge is 0.244 e. The molecule has 0 unspecified atom stereocenters. The molecule has 3 aromatic heterocycles. The van der Waals surface area contributed by atoms with E-state index in [1.807, 2.05) is 34.7 Å². The van der Waals surface area contributed by atoms with Crippen LogP contribution in [-0.2, 0) is 24.3 Å². The van der Waals surface area contributed by atoms with Gasteiger partial charge in [-0.3, -0.25) is 9.48 Å². The second-order valence-corrected chi connectivity index (χ2v) is 7.26. The molecule has 3 aromatic rings. The molecule has 0 N–H and O–H groups in total. The number of carbonyl (C=O) groups excluding carboxylic acids is 1. The molecule has 112 valence electrons. The molecule has 6 heteroatoms. The summed E-state index contributed by atoms with van der Waals surface area (Å²) in [6, 6.07) is 8.15. The molecule has 1 aliphatic heterocycles. The maximum atomic E-state index is 12.5. The Morgan fingerprint density at radius 3 is 3.05 bits per heavy atom. The van der Waals surface area contributed by atoms with Gasteiger partial charge < -0.3 is 4.90 Å². The highest BCUT2D eigenvalue weighted by molar-refractivity contribution is 7.13. The Morgan fingerprint density at radius 2 is 2.18 bits per heavy atom. The van der Waals surface area contributed by atoms with E-state index < -0.39 is 0 Å². The maximum Gasteiger partial charge on any atom is 0.244 e. The van der Waals surface area contributed by atoms with E-state index >= 15 is 0 Å². The minimum absolute atomic E-state index is 0.137. The third-order valence-corrected chi connectivity index (χ3v) is 5.79. The monoisotopic (exact) mass is 329 g/mol. The Morgan fingerprint density at radius 1 is 1.23 bits per heavy atom. The van der Waals surface area contributed by atoms with Crippen LogP contribution in [0.4, 0.5) is 0 Å². The third-order valence-electron chi connectivity index (χ3n) is 3.87. The van der Waals surface area contributed by atoms with Crippen LogP contribution in [-0.4, -0.2) is 27.1 Å².